The van der Waals surface area contributed by atoms with Gasteiger partial charge in [-0.2, -0.15) is 10.7 Å². The number of nitrogens with zero attached hydrogens (tertiary/aromatic N) is 3. The number of hydrazine groups is 1. The van der Waals surface area contributed by atoms with Gasteiger partial charge in [-0.1, -0.05) is 36.4 Å². The number of piperidine rings is 1. The van der Waals surface area contributed by atoms with Crippen LogP contribution in [0.25, 0.3) is 0 Å². The second-order valence-corrected chi connectivity index (χ2v) is 9.43. The third-order valence-corrected chi connectivity index (χ3v) is 5.01. The normalized spacial score (nSPS) is 16.5. The molecule has 1 aliphatic heterocycles. The molecule has 0 bridgehead atoms. The molecule has 1 amide bonds. The first-order chi connectivity index (χ1) is 17.2. The van der Waals surface area contributed by atoms with Crippen LogP contribution in [0, 0.1) is 0 Å². The van der Waals surface area contributed by atoms with E-state index in [-0.39, 0.29) is 6.61 Å². The fourth-order valence-corrected chi connectivity index (χ4v) is 3.55. The van der Waals surface area contributed by atoms with Crippen molar-refractivity contribution >= 4 is 17.6 Å². The number of anilines is 1. The van der Waals surface area contributed by atoms with Gasteiger partial charge in [0.05, 0.1) is 11.4 Å². The van der Waals surface area contributed by atoms with Crippen LogP contribution in [0.15, 0.2) is 65.4 Å². The van der Waals surface area contributed by atoms with Gasteiger partial charge in [-0.3, -0.25) is 10.2 Å². The number of nitrogens with one attached hydrogen (secondary N) is 3. The minimum Gasteiger partial charge on any atom is -0.444 e. The van der Waals surface area contributed by atoms with Crippen LogP contribution >= 0.6 is 0 Å². The Morgan fingerprint density at radius 2 is 1.97 bits per heavy atom. The summed E-state index contributed by atoms with van der Waals surface area (Å²) in [4.78, 5) is 21.9. The molecule has 0 aliphatic carbocycles. The average molecular weight is 497 g/mol. The van der Waals surface area contributed by atoms with Gasteiger partial charge >= 0.3 is 6.09 Å². The van der Waals surface area contributed by atoms with Gasteiger partial charge in [0.2, 0.25) is 0 Å². The fourth-order valence-electron chi connectivity index (χ4n) is 3.55. The zero-order valence-corrected chi connectivity index (χ0v) is 21.3. The molecular weight excluding hydrogens is 460 g/mol. The molecule has 4 N–H and O–H groups in total. The van der Waals surface area contributed by atoms with E-state index in [1.807, 2.05) is 41.4 Å². The number of amides is 1. The van der Waals surface area contributed by atoms with Gasteiger partial charge in [-0.05, 0) is 65.2 Å². The van der Waals surface area contributed by atoms with Crippen molar-refractivity contribution in [1.29, 1.82) is 0 Å². The number of carbonyl (C=O) groups is 1. The molecule has 10 heteroatoms. The smallest absolute Gasteiger partial charge is 0.413 e. The van der Waals surface area contributed by atoms with Crippen LogP contribution in [0.4, 0.5) is 10.6 Å². The van der Waals surface area contributed by atoms with Gasteiger partial charge in [0, 0.05) is 17.8 Å². The fraction of sp³-hybridized carbons (Fsp3) is 0.423. The highest BCUT2D eigenvalue weighted by Crippen LogP contribution is 2.20. The number of benzene rings is 1. The molecule has 1 aromatic carbocycles. The number of ether oxygens (including phenoxy) is 1. The topological polar surface area (TPSA) is 120 Å². The maximum atomic E-state index is 12.0. The number of carbonyl (C=O) groups excluding carboxylic acids is 1. The van der Waals surface area contributed by atoms with Crippen LogP contribution in [-0.2, 0) is 16.2 Å². The number of aromatic nitrogens is 1. The van der Waals surface area contributed by atoms with E-state index in [4.69, 9.17) is 9.57 Å². The summed E-state index contributed by atoms with van der Waals surface area (Å²) in [6.07, 6.45) is 3.74. The number of pyridine rings is 1. The number of aliphatic hydroxyl groups is 1. The second kappa shape index (κ2) is 13.0. The summed E-state index contributed by atoms with van der Waals surface area (Å²) in [5, 5.41) is 18.8. The predicted molar refractivity (Wildman–Crippen MR) is 138 cm³/mol. The number of hydrogen-bond acceptors (Lipinski definition) is 9. The summed E-state index contributed by atoms with van der Waals surface area (Å²) in [7, 11) is 0. The van der Waals surface area contributed by atoms with Gasteiger partial charge in [0.25, 0.3) is 0 Å². The van der Waals surface area contributed by atoms with E-state index >= 15 is 0 Å². The van der Waals surface area contributed by atoms with E-state index in [2.05, 4.69) is 26.4 Å². The van der Waals surface area contributed by atoms with Crippen molar-refractivity contribution in [2.45, 2.75) is 65.4 Å². The van der Waals surface area contributed by atoms with Crippen LogP contribution in [0.2, 0.25) is 0 Å². The lowest BCUT2D eigenvalue weighted by Gasteiger charge is -2.33. The van der Waals surface area contributed by atoms with Crippen molar-refractivity contribution < 1.29 is 19.5 Å². The molecule has 1 atom stereocenters. The Morgan fingerprint density at radius 3 is 2.69 bits per heavy atom. The van der Waals surface area contributed by atoms with Crippen LogP contribution in [0.3, 0.4) is 0 Å². The molecule has 36 heavy (non-hydrogen) atoms. The molecule has 3 rings (SSSR count). The molecule has 1 fully saturated rings. The Hall–Kier alpha value is -3.47. The van der Waals surface area contributed by atoms with Gasteiger partial charge in [0.1, 0.15) is 24.3 Å². The second-order valence-electron chi connectivity index (χ2n) is 9.43. The first-order valence-electron chi connectivity index (χ1n) is 12.1. The number of hydrogen-bond donors (Lipinski definition) is 4. The molecule has 1 aromatic heterocycles. The molecule has 2 aromatic rings. The number of rotatable bonds is 9. The minimum absolute atomic E-state index is 0.127. The number of allylic oxidation sites excluding steroid dienone is 2. The molecular formula is C26H36N6O4. The molecule has 1 saturated heterocycles. The monoisotopic (exact) mass is 496 g/mol. The van der Waals surface area contributed by atoms with Crippen molar-refractivity contribution in [3.05, 3.63) is 71.6 Å². The molecule has 10 nitrogen and oxygen atoms in total. The molecule has 0 radical (unpaired) electrons. The third kappa shape index (κ3) is 9.29. The lowest BCUT2D eigenvalue weighted by molar-refractivity contribution is 0.0281. The van der Waals surface area contributed by atoms with Crippen LogP contribution in [0.1, 0.15) is 58.2 Å². The standard InChI is InChI=1S/C26H36N6O4/c1-19(33)30-32-16-9-8-14-22(32)17-23(20-11-6-5-7-12-20)29-31-35-18-21-13-10-15-24(27-21)28-25(34)36-26(2,3)4/h5-7,10-13,15,17,19,30-31,33H,8-9,14,16,18H2,1-4H3,(H,27,28,34)/b22-17-,29-23-. The molecule has 1 unspecified atom stereocenters. The van der Waals surface area contributed by atoms with Crippen molar-refractivity contribution in [2.75, 3.05) is 11.9 Å². The highest BCUT2D eigenvalue weighted by Gasteiger charge is 2.18. The Morgan fingerprint density at radius 1 is 1.19 bits per heavy atom. The van der Waals surface area contributed by atoms with Crippen LogP contribution < -0.4 is 16.3 Å². The number of hydrazone groups is 1. The third-order valence-electron chi connectivity index (χ3n) is 5.01. The van der Waals surface area contributed by atoms with Gasteiger partial charge < -0.3 is 14.9 Å². The maximum Gasteiger partial charge on any atom is 0.413 e. The Labute approximate surface area is 212 Å². The summed E-state index contributed by atoms with van der Waals surface area (Å²) in [6, 6.07) is 15.0. The van der Waals surface area contributed by atoms with Crippen LogP contribution in [-0.4, -0.2) is 45.3 Å². The Kier molecular flexibility index (Phi) is 9.80. The van der Waals surface area contributed by atoms with Crippen molar-refractivity contribution in [3.8, 4) is 0 Å². The van der Waals surface area contributed by atoms with Crippen molar-refractivity contribution in [3.63, 3.8) is 0 Å². The zero-order valence-electron chi connectivity index (χ0n) is 21.3. The average Bonchev–Trinajstić information content (AvgIpc) is 2.81. The SMILES string of the molecule is CC(O)NN1CCCC/C1=C/C(=N/NOCc1cccc(NC(=O)OC(C)(C)C)n1)c1ccccc1. The first-order valence-corrected chi connectivity index (χ1v) is 12.1. The largest absolute Gasteiger partial charge is 0.444 e. The molecule has 0 spiro atoms. The van der Waals surface area contributed by atoms with E-state index in [0.29, 0.717) is 17.2 Å². The lowest BCUT2D eigenvalue weighted by atomic mass is 10.0. The van der Waals surface area contributed by atoms with Crippen molar-refractivity contribution in [2.24, 2.45) is 5.10 Å². The predicted octanol–water partition coefficient (Wildman–Crippen LogP) is 4.07. The minimum atomic E-state index is -0.654. The quantitative estimate of drug-likeness (QED) is 0.178. The Balaban J connectivity index is 1.66. The molecule has 1 aliphatic rings. The zero-order chi connectivity index (χ0) is 26.0. The van der Waals surface area contributed by atoms with E-state index in [1.165, 1.54) is 0 Å². The Bertz CT molecular complexity index is 1050. The molecule has 2 heterocycles. The van der Waals surface area contributed by atoms with E-state index < -0.39 is 17.9 Å². The maximum absolute atomic E-state index is 12.0. The summed E-state index contributed by atoms with van der Waals surface area (Å²) in [6.45, 7) is 8.02. The summed E-state index contributed by atoms with van der Waals surface area (Å²) in [5.41, 5.74) is 8.40. The van der Waals surface area contributed by atoms with E-state index in [0.717, 1.165) is 37.1 Å². The first kappa shape index (κ1) is 27.1. The van der Waals surface area contributed by atoms with Crippen molar-refractivity contribution in [1.82, 2.24) is 21.0 Å². The number of aliphatic hydroxyl groups excluding tert-OH is 1. The van der Waals surface area contributed by atoms with E-state index in [9.17, 15) is 9.90 Å². The van der Waals surface area contributed by atoms with Crippen LogP contribution in [0.5, 0.6) is 0 Å². The lowest BCUT2D eigenvalue weighted by Crippen LogP contribution is -2.45. The van der Waals surface area contributed by atoms with E-state index in [1.54, 1.807) is 45.9 Å². The highest BCUT2D eigenvalue weighted by atomic mass is 16.7. The summed E-state index contributed by atoms with van der Waals surface area (Å²) < 4.78 is 5.26. The summed E-state index contributed by atoms with van der Waals surface area (Å²) >= 11 is 0. The van der Waals surface area contributed by atoms with Gasteiger partial charge in [0.15, 0.2) is 0 Å². The summed E-state index contributed by atoms with van der Waals surface area (Å²) in [5.74, 6) is 0.367. The van der Waals surface area contributed by atoms with Gasteiger partial charge in [-0.25, -0.2) is 15.2 Å². The van der Waals surface area contributed by atoms with Gasteiger partial charge in [-0.15, -0.1) is 0 Å². The molecule has 194 valence electrons. The molecule has 0 saturated carbocycles. The highest BCUT2D eigenvalue weighted by molar-refractivity contribution is 6.08.